The van der Waals surface area contributed by atoms with Crippen LogP contribution < -0.4 is 5.73 Å². The number of rotatable bonds is 2. The summed E-state index contributed by atoms with van der Waals surface area (Å²) >= 11 is 1.44. The van der Waals surface area contributed by atoms with Gasteiger partial charge in [0.15, 0.2) is 0 Å². The molecule has 0 atom stereocenters. The highest BCUT2D eigenvalue weighted by Crippen LogP contribution is 2.32. The molecule has 1 aromatic carbocycles. The maximum atomic E-state index is 8.84. The smallest absolute Gasteiger partial charge is 0.128 e. The second-order valence-electron chi connectivity index (χ2n) is 3.56. The number of thiophene rings is 1. The van der Waals surface area contributed by atoms with Crippen LogP contribution in [0.15, 0.2) is 30.3 Å². The zero-order chi connectivity index (χ0) is 11.5. The Morgan fingerprint density at radius 3 is 2.50 bits per heavy atom. The van der Waals surface area contributed by atoms with Gasteiger partial charge >= 0.3 is 0 Å². The second kappa shape index (κ2) is 4.38. The number of anilines is 1. The lowest BCUT2D eigenvalue weighted by Crippen LogP contribution is -1.82. The molecule has 2 nitrogen and oxygen atoms in total. The highest BCUT2D eigenvalue weighted by Gasteiger charge is 2.07. The maximum Gasteiger partial charge on any atom is 0.128 e. The molecular weight excluding hydrogens is 216 g/mol. The summed E-state index contributed by atoms with van der Waals surface area (Å²) in [7, 11) is 0. The van der Waals surface area contributed by atoms with Crippen LogP contribution >= 0.6 is 11.3 Å². The van der Waals surface area contributed by atoms with Crippen molar-refractivity contribution < 1.29 is 0 Å². The molecule has 3 heteroatoms. The molecule has 2 aromatic rings. The van der Waals surface area contributed by atoms with Gasteiger partial charge in [-0.3, -0.25) is 0 Å². The van der Waals surface area contributed by atoms with Gasteiger partial charge in [0.05, 0.1) is 5.69 Å². The number of aryl methyl sites for hydroxylation is 1. The van der Waals surface area contributed by atoms with Crippen LogP contribution in [0.5, 0.6) is 0 Å². The Balaban J connectivity index is 2.39. The fourth-order valence-corrected chi connectivity index (χ4v) is 2.42. The van der Waals surface area contributed by atoms with Crippen molar-refractivity contribution in [1.29, 1.82) is 5.26 Å². The minimum Gasteiger partial charge on any atom is -0.397 e. The van der Waals surface area contributed by atoms with E-state index in [0.717, 1.165) is 16.9 Å². The Labute approximate surface area is 99.0 Å². The third kappa shape index (κ3) is 1.93. The number of hydrogen-bond donors (Lipinski definition) is 1. The Hall–Kier alpha value is -1.79. The molecule has 1 aromatic heterocycles. The maximum absolute atomic E-state index is 8.84. The molecule has 2 rings (SSSR count). The van der Waals surface area contributed by atoms with E-state index in [1.54, 1.807) is 0 Å². The molecule has 0 fully saturated rings. The van der Waals surface area contributed by atoms with Gasteiger partial charge in [0.2, 0.25) is 0 Å². The predicted molar refractivity (Wildman–Crippen MR) is 68.3 cm³/mol. The molecule has 0 aliphatic heterocycles. The number of benzene rings is 1. The highest BCUT2D eigenvalue weighted by molar-refractivity contribution is 7.16. The van der Waals surface area contributed by atoms with Crippen molar-refractivity contribution in [1.82, 2.24) is 0 Å². The largest absolute Gasteiger partial charge is 0.397 e. The van der Waals surface area contributed by atoms with Crippen LogP contribution in [-0.4, -0.2) is 0 Å². The predicted octanol–water partition coefficient (Wildman–Crippen LogP) is 3.43. The lowest BCUT2D eigenvalue weighted by atomic mass is 10.1. The molecule has 2 N–H and O–H groups in total. The molecule has 0 radical (unpaired) electrons. The lowest BCUT2D eigenvalue weighted by Gasteiger charge is -1.99. The van der Waals surface area contributed by atoms with Gasteiger partial charge in [-0.15, -0.1) is 11.3 Å². The van der Waals surface area contributed by atoms with Gasteiger partial charge in [0.25, 0.3) is 0 Å². The van der Waals surface area contributed by atoms with Crippen molar-refractivity contribution in [3.05, 3.63) is 40.8 Å². The van der Waals surface area contributed by atoms with Gasteiger partial charge in [0.1, 0.15) is 10.9 Å². The SMILES string of the molecule is CCc1ccc(-c2cc(N)c(C#N)s2)cc1. The van der Waals surface area contributed by atoms with Crippen molar-refractivity contribution in [3.8, 4) is 16.5 Å². The van der Waals surface area contributed by atoms with E-state index in [1.807, 2.05) is 6.07 Å². The summed E-state index contributed by atoms with van der Waals surface area (Å²) < 4.78 is 0. The summed E-state index contributed by atoms with van der Waals surface area (Å²) in [6.45, 7) is 2.13. The van der Waals surface area contributed by atoms with Crippen molar-refractivity contribution in [2.24, 2.45) is 0 Å². The standard InChI is InChI=1S/C13H12N2S/c1-2-9-3-5-10(6-4-9)12-7-11(15)13(8-14)16-12/h3-7H,2,15H2,1H3. The molecule has 0 bridgehead atoms. The summed E-state index contributed by atoms with van der Waals surface area (Å²) in [5.74, 6) is 0. The van der Waals surface area contributed by atoms with Crippen LogP contribution in [0.2, 0.25) is 0 Å². The van der Waals surface area contributed by atoms with E-state index in [0.29, 0.717) is 10.6 Å². The summed E-state index contributed by atoms with van der Waals surface area (Å²) in [4.78, 5) is 1.64. The van der Waals surface area contributed by atoms with Gasteiger partial charge < -0.3 is 5.73 Å². The molecule has 0 aliphatic carbocycles. The van der Waals surface area contributed by atoms with Crippen LogP contribution in [0.1, 0.15) is 17.4 Å². The van der Waals surface area contributed by atoms with Gasteiger partial charge in [-0.05, 0) is 23.6 Å². The first kappa shape index (κ1) is 10.7. The van der Waals surface area contributed by atoms with Crippen LogP contribution in [0.4, 0.5) is 5.69 Å². The third-order valence-corrected chi connectivity index (χ3v) is 3.61. The third-order valence-electron chi connectivity index (χ3n) is 2.51. The summed E-state index contributed by atoms with van der Waals surface area (Å²) in [5, 5.41) is 8.84. The van der Waals surface area contributed by atoms with Gasteiger partial charge in [-0.2, -0.15) is 5.26 Å². The van der Waals surface area contributed by atoms with Gasteiger partial charge in [-0.25, -0.2) is 0 Å². The summed E-state index contributed by atoms with van der Waals surface area (Å²) in [6, 6.07) is 12.3. The Kier molecular flexibility index (Phi) is 2.93. The van der Waals surface area contributed by atoms with E-state index in [1.165, 1.54) is 16.9 Å². The molecule has 0 saturated carbocycles. The van der Waals surface area contributed by atoms with E-state index in [9.17, 15) is 0 Å². The first-order chi connectivity index (χ1) is 7.74. The fourth-order valence-electron chi connectivity index (χ4n) is 1.54. The average Bonchev–Trinajstić information content (AvgIpc) is 2.71. The van der Waals surface area contributed by atoms with Crippen molar-refractivity contribution in [3.63, 3.8) is 0 Å². The monoisotopic (exact) mass is 228 g/mol. The number of nitrogens with two attached hydrogens (primary N) is 1. The quantitative estimate of drug-likeness (QED) is 0.856. The zero-order valence-corrected chi connectivity index (χ0v) is 9.84. The van der Waals surface area contributed by atoms with Gasteiger partial charge in [-0.1, -0.05) is 31.2 Å². The summed E-state index contributed by atoms with van der Waals surface area (Å²) in [5.41, 5.74) is 8.74. The van der Waals surface area contributed by atoms with Crippen molar-refractivity contribution in [2.75, 3.05) is 5.73 Å². The van der Waals surface area contributed by atoms with Gasteiger partial charge in [0, 0.05) is 4.88 Å². The molecule has 0 spiro atoms. The molecule has 0 unspecified atom stereocenters. The first-order valence-electron chi connectivity index (χ1n) is 5.13. The Morgan fingerprint density at radius 1 is 1.31 bits per heavy atom. The molecule has 16 heavy (non-hydrogen) atoms. The number of nitrogens with zero attached hydrogens (tertiary/aromatic N) is 1. The topological polar surface area (TPSA) is 49.8 Å². The minimum atomic E-state index is 0.571. The van der Waals surface area contributed by atoms with E-state index in [-0.39, 0.29) is 0 Å². The molecule has 80 valence electrons. The highest BCUT2D eigenvalue weighted by atomic mass is 32.1. The molecule has 0 aliphatic rings. The minimum absolute atomic E-state index is 0.571. The number of nitriles is 1. The van der Waals surface area contributed by atoms with E-state index in [4.69, 9.17) is 11.0 Å². The lowest BCUT2D eigenvalue weighted by molar-refractivity contribution is 1.14. The Morgan fingerprint density at radius 2 is 2.00 bits per heavy atom. The van der Waals surface area contributed by atoms with E-state index >= 15 is 0 Å². The molecule has 1 heterocycles. The average molecular weight is 228 g/mol. The number of hydrogen-bond acceptors (Lipinski definition) is 3. The van der Waals surface area contributed by atoms with Crippen LogP contribution in [-0.2, 0) is 6.42 Å². The van der Waals surface area contributed by atoms with E-state index in [2.05, 4.69) is 37.3 Å². The molecular formula is C13H12N2S. The second-order valence-corrected chi connectivity index (χ2v) is 4.61. The van der Waals surface area contributed by atoms with Crippen molar-refractivity contribution in [2.45, 2.75) is 13.3 Å². The molecule has 0 saturated heterocycles. The van der Waals surface area contributed by atoms with Crippen LogP contribution in [0.25, 0.3) is 10.4 Å². The van der Waals surface area contributed by atoms with E-state index < -0.39 is 0 Å². The Bertz CT molecular complexity index is 532. The summed E-state index contributed by atoms with van der Waals surface area (Å²) in [6.07, 6.45) is 1.04. The van der Waals surface area contributed by atoms with Crippen LogP contribution in [0.3, 0.4) is 0 Å². The number of nitrogen functional groups attached to an aromatic ring is 1. The van der Waals surface area contributed by atoms with Crippen molar-refractivity contribution >= 4 is 17.0 Å². The zero-order valence-electron chi connectivity index (χ0n) is 9.03. The fraction of sp³-hybridized carbons (Fsp3) is 0.154. The normalized spacial score (nSPS) is 10.0. The molecule has 0 amide bonds. The first-order valence-corrected chi connectivity index (χ1v) is 5.95. The van der Waals surface area contributed by atoms with Crippen LogP contribution in [0, 0.1) is 11.3 Å².